The number of benzene rings is 2. The molecule has 1 aliphatic heterocycles. The van der Waals surface area contributed by atoms with Crippen LogP contribution in [0.4, 0.5) is 5.69 Å². The van der Waals surface area contributed by atoms with E-state index in [0.717, 1.165) is 34.7 Å². The third-order valence-electron chi connectivity index (χ3n) is 4.67. The predicted octanol–water partition coefficient (Wildman–Crippen LogP) is 3.44. The van der Waals surface area contributed by atoms with Gasteiger partial charge in [-0.1, -0.05) is 0 Å². The van der Waals surface area contributed by atoms with Gasteiger partial charge in [-0.25, -0.2) is 0 Å². The van der Waals surface area contributed by atoms with Crippen LogP contribution in [0.15, 0.2) is 40.9 Å². The van der Waals surface area contributed by atoms with Gasteiger partial charge in [0.05, 0.1) is 25.8 Å². The van der Waals surface area contributed by atoms with Crippen LogP contribution in [0.1, 0.15) is 10.4 Å². The molecule has 0 bridgehead atoms. The lowest BCUT2D eigenvalue weighted by Gasteiger charge is -2.36. The van der Waals surface area contributed by atoms with Crippen molar-refractivity contribution in [3.8, 4) is 17.2 Å². The highest BCUT2D eigenvalue weighted by Crippen LogP contribution is 2.30. The molecule has 0 saturated carbocycles. The zero-order chi connectivity index (χ0) is 19.4. The van der Waals surface area contributed by atoms with Crippen molar-refractivity contribution in [2.75, 3.05) is 52.4 Å². The van der Waals surface area contributed by atoms with Gasteiger partial charge in [-0.15, -0.1) is 0 Å². The lowest BCUT2D eigenvalue weighted by atomic mass is 10.1. The number of hydrogen-bond donors (Lipinski definition) is 0. The topological polar surface area (TPSA) is 51.2 Å². The standard InChI is InChI=1S/C20H23BrN2O4/c1-25-16-11-15(12-17(13-16)26-2)22-6-8-23(9-7-22)20(24)14-4-5-19(27-3)18(21)10-14/h4-5,10-13H,6-9H2,1-3H3. The van der Waals surface area contributed by atoms with Crippen LogP contribution in [0.5, 0.6) is 17.2 Å². The molecule has 2 aromatic rings. The summed E-state index contributed by atoms with van der Waals surface area (Å²) in [5, 5.41) is 0. The van der Waals surface area contributed by atoms with Crippen LogP contribution in [0.3, 0.4) is 0 Å². The van der Waals surface area contributed by atoms with Gasteiger partial charge in [0.25, 0.3) is 5.91 Å². The van der Waals surface area contributed by atoms with E-state index in [-0.39, 0.29) is 5.91 Å². The Kier molecular flexibility index (Phi) is 6.11. The minimum Gasteiger partial charge on any atom is -0.497 e. The molecule has 1 aliphatic rings. The molecular weight excluding hydrogens is 412 g/mol. The smallest absolute Gasteiger partial charge is 0.254 e. The molecule has 0 unspecified atom stereocenters. The number of hydrogen-bond acceptors (Lipinski definition) is 5. The Morgan fingerprint density at radius 2 is 1.52 bits per heavy atom. The molecule has 0 spiro atoms. The maximum atomic E-state index is 12.8. The van der Waals surface area contributed by atoms with Gasteiger partial charge in [0.2, 0.25) is 0 Å². The van der Waals surface area contributed by atoms with Gasteiger partial charge < -0.3 is 24.0 Å². The summed E-state index contributed by atoms with van der Waals surface area (Å²) in [5.41, 5.74) is 1.68. The van der Waals surface area contributed by atoms with Crippen LogP contribution >= 0.6 is 15.9 Å². The first kappa shape index (κ1) is 19.4. The number of piperazine rings is 1. The number of amides is 1. The molecule has 1 saturated heterocycles. The molecule has 1 amide bonds. The van der Waals surface area contributed by atoms with Gasteiger partial charge in [-0.3, -0.25) is 4.79 Å². The second kappa shape index (κ2) is 8.52. The Morgan fingerprint density at radius 3 is 2.04 bits per heavy atom. The van der Waals surface area contributed by atoms with Crippen molar-refractivity contribution in [2.45, 2.75) is 0 Å². The number of carbonyl (C=O) groups excluding carboxylic acids is 1. The largest absolute Gasteiger partial charge is 0.497 e. The monoisotopic (exact) mass is 434 g/mol. The number of ether oxygens (including phenoxy) is 3. The zero-order valence-electron chi connectivity index (χ0n) is 15.7. The SMILES string of the molecule is COc1cc(OC)cc(N2CCN(C(=O)c3ccc(OC)c(Br)c3)CC2)c1. The van der Waals surface area contributed by atoms with Crippen molar-refractivity contribution < 1.29 is 19.0 Å². The molecule has 6 nitrogen and oxygen atoms in total. The zero-order valence-corrected chi connectivity index (χ0v) is 17.3. The number of anilines is 1. The summed E-state index contributed by atoms with van der Waals surface area (Å²) in [5.74, 6) is 2.25. The maximum Gasteiger partial charge on any atom is 0.254 e. The van der Waals surface area contributed by atoms with Crippen molar-refractivity contribution in [1.82, 2.24) is 4.90 Å². The summed E-state index contributed by atoms with van der Waals surface area (Å²) in [6.45, 7) is 2.81. The van der Waals surface area contributed by atoms with E-state index < -0.39 is 0 Å². The highest BCUT2D eigenvalue weighted by atomic mass is 79.9. The molecular formula is C20H23BrN2O4. The van der Waals surface area contributed by atoms with E-state index in [1.807, 2.05) is 23.1 Å². The lowest BCUT2D eigenvalue weighted by Crippen LogP contribution is -2.48. The first-order valence-corrected chi connectivity index (χ1v) is 9.46. The van der Waals surface area contributed by atoms with Crippen LogP contribution in [0.2, 0.25) is 0 Å². The van der Waals surface area contributed by atoms with Gasteiger partial charge in [-0.05, 0) is 34.1 Å². The third kappa shape index (κ3) is 4.30. The van der Waals surface area contributed by atoms with Gasteiger partial charge in [-0.2, -0.15) is 0 Å². The molecule has 0 atom stereocenters. The predicted molar refractivity (Wildman–Crippen MR) is 108 cm³/mol. The van der Waals surface area contributed by atoms with E-state index in [1.54, 1.807) is 39.5 Å². The normalized spacial score (nSPS) is 14.1. The van der Waals surface area contributed by atoms with E-state index in [4.69, 9.17) is 14.2 Å². The molecule has 7 heteroatoms. The summed E-state index contributed by atoms with van der Waals surface area (Å²) in [7, 11) is 4.89. The van der Waals surface area contributed by atoms with E-state index >= 15 is 0 Å². The van der Waals surface area contributed by atoms with E-state index in [2.05, 4.69) is 20.8 Å². The Bertz CT molecular complexity index is 797. The maximum absolute atomic E-state index is 12.8. The number of rotatable bonds is 5. The van der Waals surface area contributed by atoms with Crippen LogP contribution in [-0.4, -0.2) is 58.3 Å². The first-order chi connectivity index (χ1) is 13.0. The van der Waals surface area contributed by atoms with Crippen molar-refractivity contribution in [1.29, 1.82) is 0 Å². The van der Waals surface area contributed by atoms with Gasteiger partial charge in [0, 0.05) is 55.6 Å². The van der Waals surface area contributed by atoms with Crippen LogP contribution in [0, 0.1) is 0 Å². The van der Waals surface area contributed by atoms with Crippen molar-refractivity contribution >= 4 is 27.5 Å². The van der Waals surface area contributed by atoms with Crippen molar-refractivity contribution in [3.05, 3.63) is 46.4 Å². The Hall–Kier alpha value is -2.41. The minimum atomic E-state index is 0.0289. The fraction of sp³-hybridized carbons (Fsp3) is 0.350. The highest BCUT2D eigenvalue weighted by molar-refractivity contribution is 9.10. The van der Waals surface area contributed by atoms with E-state index in [9.17, 15) is 4.79 Å². The van der Waals surface area contributed by atoms with E-state index in [0.29, 0.717) is 24.4 Å². The lowest BCUT2D eigenvalue weighted by molar-refractivity contribution is 0.0746. The molecule has 144 valence electrons. The fourth-order valence-corrected chi connectivity index (χ4v) is 3.67. The summed E-state index contributed by atoms with van der Waals surface area (Å²) in [4.78, 5) is 16.9. The van der Waals surface area contributed by atoms with Crippen molar-refractivity contribution in [2.24, 2.45) is 0 Å². The third-order valence-corrected chi connectivity index (χ3v) is 5.29. The average Bonchev–Trinajstić information content (AvgIpc) is 2.72. The van der Waals surface area contributed by atoms with Gasteiger partial charge in [0.15, 0.2) is 0 Å². The Morgan fingerprint density at radius 1 is 0.889 bits per heavy atom. The second-order valence-electron chi connectivity index (χ2n) is 6.20. The number of nitrogens with zero attached hydrogens (tertiary/aromatic N) is 2. The molecule has 0 aromatic heterocycles. The molecule has 3 rings (SSSR count). The minimum absolute atomic E-state index is 0.0289. The molecule has 2 aromatic carbocycles. The first-order valence-electron chi connectivity index (χ1n) is 8.66. The number of carbonyl (C=O) groups is 1. The summed E-state index contributed by atoms with van der Waals surface area (Å²) in [6, 6.07) is 11.2. The Labute approximate surface area is 167 Å². The van der Waals surface area contributed by atoms with E-state index in [1.165, 1.54) is 0 Å². The van der Waals surface area contributed by atoms with Crippen LogP contribution < -0.4 is 19.1 Å². The molecule has 1 heterocycles. The fourth-order valence-electron chi connectivity index (χ4n) is 3.12. The number of methoxy groups -OCH3 is 3. The highest BCUT2D eigenvalue weighted by Gasteiger charge is 2.23. The summed E-state index contributed by atoms with van der Waals surface area (Å²) in [6.07, 6.45) is 0. The van der Waals surface area contributed by atoms with Crippen LogP contribution in [-0.2, 0) is 0 Å². The number of halogens is 1. The average molecular weight is 435 g/mol. The molecule has 0 N–H and O–H groups in total. The van der Waals surface area contributed by atoms with Gasteiger partial charge >= 0.3 is 0 Å². The van der Waals surface area contributed by atoms with Gasteiger partial charge in [0.1, 0.15) is 17.2 Å². The molecule has 27 heavy (non-hydrogen) atoms. The quantitative estimate of drug-likeness (QED) is 0.721. The van der Waals surface area contributed by atoms with Crippen LogP contribution in [0.25, 0.3) is 0 Å². The van der Waals surface area contributed by atoms with Crippen molar-refractivity contribution in [3.63, 3.8) is 0 Å². The summed E-state index contributed by atoms with van der Waals surface area (Å²) < 4.78 is 16.7. The molecule has 1 fully saturated rings. The molecule has 0 aliphatic carbocycles. The Balaban J connectivity index is 1.68. The second-order valence-corrected chi connectivity index (χ2v) is 7.05. The summed E-state index contributed by atoms with van der Waals surface area (Å²) >= 11 is 3.44. The molecule has 0 radical (unpaired) electrons.